The SMILES string of the molecule is Cc1cc(C)n(CCCNC(C)c2cc(F)ccc2O)n1. The van der Waals surface area contributed by atoms with Crippen LogP contribution in [0.2, 0.25) is 0 Å². The number of aromatic hydroxyl groups is 1. The van der Waals surface area contributed by atoms with E-state index in [0.717, 1.165) is 30.9 Å². The van der Waals surface area contributed by atoms with E-state index >= 15 is 0 Å². The van der Waals surface area contributed by atoms with E-state index in [9.17, 15) is 9.50 Å². The Bertz CT molecular complexity index is 610. The molecule has 1 atom stereocenters. The minimum Gasteiger partial charge on any atom is -0.508 e. The zero-order valence-electron chi connectivity index (χ0n) is 12.7. The van der Waals surface area contributed by atoms with Gasteiger partial charge in [-0.25, -0.2) is 4.39 Å². The molecule has 0 aliphatic rings. The molecular weight excluding hydrogens is 269 g/mol. The summed E-state index contributed by atoms with van der Waals surface area (Å²) in [7, 11) is 0. The normalized spacial score (nSPS) is 12.6. The van der Waals surface area contributed by atoms with Crippen LogP contribution in [0.4, 0.5) is 4.39 Å². The number of aromatic nitrogens is 2. The van der Waals surface area contributed by atoms with Gasteiger partial charge >= 0.3 is 0 Å². The Hall–Kier alpha value is -1.88. The Balaban J connectivity index is 1.83. The first-order valence-corrected chi connectivity index (χ1v) is 7.20. The maximum absolute atomic E-state index is 13.2. The summed E-state index contributed by atoms with van der Waals surface area (Å²) in [6.07, 6.45) is 0.919. The molecule has 0 aliphatic carbocycles. The molecule has 0 amide bonds. The van der Waals surface area contributed by atoms with Gasteiger partial charge in [-0.15, -0.1) is 0 Å². The van der Waals surface area contributed by atoms with Crippen LogP contribution in [-0.4, -0.2) is 21.4 Å². The maximum atomic E-state index is 13.2. The average molecular weight is 291 g/mol. The number of rotatable bonds is 6. The first-order valence-electron chi connectivity index (χ1n) is 7.20. The molecule has 2 N–H and O–H groups in total. The predicted octanol–water partition coefficient (Wildman–Crippen LogP) is 3.09. The van der Waals surface area contributed by atoms with Crippen LogP contribution in [0.3, 0.4) is 0 Å². The monoisotopic (exact) mass is 291 g/mol. The molecule has 0 spiro atoms. The molecule has 5 heteroatoms. The zero-order chi connectivity index (χ0) is 15.4. The van der Waals surface area contributed by atoms with Gasteiger partial charge in [0.2, 0.25) is 0 Å². The highest BCUT2D eigenvalue weighted by Crippen LogP contribution is 2.24. The lowest BCUT2D eigenvalue weighted by Gasteiger charge is -2.16. The van der Waals surface area contributed by atoms with Crippen LogP contribution in [0.5, 0.6) is 5.75 Å². The van der Waals surface area contributed by atoms with Crippen LogP contribution >= 0.6 is 0 Å². The van der Waals surface area contributed by atoms with Gasteiger partial charge in [0.25, 0.3) is 0 Å². The van der Waals surface area contributed by atoms with Gasteiger partial charge in [-0.3, -0.25) is 4.68 Å². The van der Waals surface area contributed by atoms with Crippen LogP contribution in [-0.2, 0) is 6.54 Å². The number of hydrogen-bond acceptors (Lipinski definition) is 3. The largest absolute Gasteiger partial charge is 0.508 e. The molecule has 21 heavy (non-hydrogen) atoms. The van der Waals surface area contributed by atoms with Crippen molar-refractivity contribution in [1.29, 1.82) is 0 Å². The Morgan fingerprint density at radius 1 is 1.33 bits per heavy atom. The zero-order valence-corrected chi connectivity index (χ0v) is 12.7. The molecule has 0 fully saturated rings. The van der Waals surface area contributed by atoms with Crippen molar-refractivity contribution < 1.29 is 9.50 Å². The third kappa shape index (κ3) is 4.04. The summed E-state index contributed by atoms with van der Waals surface area (Å²) in [5, 5.41) is 17.5. The number of phenols is 1. The number of nitrogens with one attached hydrogen (secondary N) is 1. The molecule has 0 bridgehead atoms. The number of phenolic OH excluding ortho intramolecular Hbond substituents is 1. The number of aryl methyl sites for hydroxylation is 3. The van der Waals surface area contributed by atoms with Crippen molar-refractivity contribution in [2.24, 2.45) is 0 Å². The van der Waals surface area contributed by atoms with Gasteiger partial charge in [-0.1, -0.05) is 0 Å². The molecule has 1 aromatic heterocycles. The smallest absolute Gasteiger partial charge is 0.123 e. The fourth-order valence-electron chi connectivity index (χ4n) is 2.43. The summed E-state index contributed by atoms with van der Waals surface area (Å²) in [5.74, 6) is -0.214. The Labute approximate surface area is 124 Å². The fraction of sp³-hybridized carbons (Fsp3) is 0.438. The van der Waals surface area contributed by atoms with E-state index in [-0.39, 0.29) is 17.6 Å². The van der Waals surface area contributed by atoms with Crippen LogP contribution in [0.15, 0.2) is 24.3 Å². The molecule has 4 nitrogen and oxygen atoms in total. The molecule has 114 valence electrons. The summed E-state index contributed by atoms with van der Waals surface area (Å²) < 4.78 is 15.2. The molecule has 2 aromatic rings. The Kier molecular flexibility index (Phi) is 4.96. The number of benzene rings is 1. The molecule has 1 unspecified atom stereocenters. The van der Waals surface area contributed by atoms with Crippen molar-refractivity contribution in [2.45, 2.75) is 39.8 Å². The van der Waals surface area contributed by atoms with Gasteiger partial charge in [0.1, 0.15) is 11.6 Å². The van der Waals surface area contributed by atoms with E-state index in [1.807, 2.05) is 25.5 Å². The lowest BCUT2D eigenvalue weighted by atomic mass is 10.1. The van der Waals surface area contributed by atoms with Crippen molar-refractivity contribution in [3.63, 3.8) is 0 Å². The van der Waals surface area contributed by atoms with E-state index in [1.54, 1.807) is 0 Å². The van der Waals surface area contributed by atoms with Crippen molar-refractivity contribution in [3.05, 3.63) is 47.0 Å². The van der Waals surface area contributed by atoms with Gasteiger partial charge in [0.15, 0.2) is 0 Å². The highest BCUT2D eigenvalue weighted by molar-refractivity contribution is 5.34. The summed E-state index contributed by atoms with van der Waals surface area (Å²) in [6, 6.07) is 5.98. The van der Waals surface area contributed by atoms with E-state index in [1.165, 1.54) is 18.2 Å². The second-order valence-corrected chi connectivity index (χ2v) is 5.38. The minimum absolute atomic E-state index is 0.0962. The van der Waals surface area contributed by atoms with E-state index in [2.05, 4.69) is 16.5 Å². The van der Waals surface area contributed by atoms with E-state index in [4.69, 9.17) is 0 Å². The van der Waals surface area contributed by atoms with Gasteiger partial charge in [0, 0.05) is 23.8 Å². The standard InChI is InChI=1S/C16H22FN3O/c1-11-9-12(2)20(19-11)8-4-7-18-13(3)15-10-14(17)5-6-16(15)21/h5-6,9-10,13,18,21H,4,7-8H2,1-3H3. The second kappa shape index (κ2) is 6.72. The number of halogens is 1. The van der Waals surface area contributed by atoms with Gasteiger partial charge in [0.05, 0.1) is 5.69 Å². The Morgan fingerprint density at radius 3 is 2.76 bits per heavy atom. The quantitative estimate of drug-likeness (QED) is 0.804. The fourth-order valence-corrected chi connectivity index (χ4v) is 2.43. The molecule has 2 rings (SSSR count). The van der Waals surface area contributed by atoms with Crippen LogP contribution in [0, 0.1) is 19.7 Å². The van der Waals surface area contributed by atoms with E-state index < -0.39 is 0 Å². The van der Waals surface area contributed by atoms with Crippen molar-refractivity contribution in [1.82, 2.24) is 15.1 Å². The van der Waals surface area contributed by atoms with Gasteiger partial charge < -0.3 is 10.4 Å². The maximum Gasteiger partial charge on any atom is 0.123 e. The molecule has 0 saturated heterocycles. The predicted molar refractivity (Wildman–Crippen MR) is 80.8 cm³/mol. The van der Waals surface area contributed by atoms with Crippen LogP contribution < -0.4 is 5.32 Å². The molecule has 0 aliphatic heterocycles. The molecule has 0 saturated carbocycles. The number of nitrogens with zero attached hydrogens (tertiary/aromatic N) is 2. The van der Waals surface area contributed by atoms with Crippen molar-refractivity contribution in [3.8, 4) is 5.75 Å². The van der Waals surface area contributed by atoms with Crippen LogP contribution in [0.25, 0.3) is 0 Å². The molecule has 1 heterocycles. The van der Waals surface area contributed by atoms with E-state index in [0.29, 0.717) is 5.56 Å². The highest BCUT2D eigenvalue weighted by Gasteiger charge is 2.10. The lowest BCUT2D eigenvalue weighted by Crippen LogP contribution is -2.21. The number of hydrogen-bond donors (Lipinski definition) is 2. The van der Waals surface area contributed by atoms with Gasteiger partial charge in [-0.05, 0) is 58.0 Å². The highest BCUT2D eigenvalue weighted by atomic mass is 19.1. The Morgan fingerprint density at radius 2 is 2.10 bits per heavy atom. The third-order valence-corrected chi connectivity index (χ3v) is 3.56. The third-order valence-electron chi connectivity index (χ3n) is 3.56. The van der Waals surface area contributed by atoms with Gasteiger partial charge in [-0.2, -0.15) is 5.10 Å². The topological polar surface area (TPSA) is 50.1 Å². The molecule has 0 radical (unpaired) electrons. The summed E-state index contributed by atoms with van der Waals surface area (Å²) in [5.41, 5.74) is 2.77. The van der Waals surface area contributed by atoms with Crippen molar-refractivity contribution >= 4 is 0 Å². The van der Waals surface area contributed by atoms with Crippen LogP contribution in [0.1, 0.15) is 36.3 Å². The molecule has 1 aromatic carbocycles. The van der Waals surface area contributed by atoms with Crippen molar-refractivity contribution in [2.75, 3.05) is 6.54 Å². The first kappa shape index (κ1) is 15.5. The molecular formula is C16H22FN3O. The average Bonchev–Trinajstić information content (AvgIpc) is 2.75. The summed E-state index contributed by atoms with van der Waals surface area (Å²) in [4.78, 5) is 0. The summed E-state index contributed by atoms with van der Waals surface area (Å²) in [6.45, 7) is 7.55. The minimum atomic E-state index is -0.334. The lowest BCUT2D eigenvalue weighted by molar-refractivity contribution is 0.443. The second-order valence-electron chi connectivity index (χ2n) is 5.38. The first-order chi connectivity index (χ1) is 9.97. The summed E-state index contributed by atoms with van der Waals surface area (Å²) >= 11 is 0.